The minimum Gasteiger partial charge on any atom is -0.312 e. The Morgan fingerprint density at radius 1 is 1.21 bits per heavy atom. The molecule has 1 N–H and O–H groups in total. The van der Waals surface area contributed by atoms with Crippen LogP contribution in [0.1, 0.15) is 47.6 Å². The molecule has 1 aliphatic heterocycles. The van der Waals surface area contributed by atoms with Crippen molar-refractivity contribution >= 4 is 39.8 Å². The van der Waals surface area contributed by atoms with E-state index in [2.05, 4.69) is 24.1 Å². The maximum absolute atomic E-state index is 12.7. The van der Waals surface area contributed by atoms with Crippen molar-refractivity contribution in [1.29, 1.82) is 0 Å². The van der Waals surface area contributed by atoms with Crippen molar-refractivity contribution in [2.45, 2.75) is 40.0 Å². The minimum absolute atomic E-state index is 0.0561. The van der Waals surface area contributed by atoms with Crippen LogP contribution in [-0.4, -0.2) is 29.1 Å². The zero-order chi connectivity index (χ0) is 20.1. The Kier molecular flexibility index (Phi) is 4.57. The van der Waals surface area contributed by atoms with Crippen LogP contribution in [0.15, 0.2) is 24.3 Å². The van der Waals surface area contributed by atoms with Crippen LogP contribution in [0.3, 0.4) is 0 Å². The molecule has 0 bridgehead atoms. The standard InChI is InChI=1S/C21H23N3O3S/c1-12-4-6-14(7-5-12)24-11-13(8-17(24)26)19(27)23-20-22-15-9-21(2,3)10-16(25)18(15)28-20/h4-7,13H,8-11H2,1-3H3,(H,22,23,27)/t13-/m0/s1. The molecule has 2 aliphatic rings. The normalized spacial score (nSPS) is 21.0. The minimum atomic E-state index is -0.429. The van der Waals surface area contributed by atoms with Crippen molar-refractivity contribution < 1.29 is 14.4 Å². The van der Waals surface area contributed by atoms with Crippen LogP contribution in [-0.2, 0) is 16.0 Å². The molecule has 1 aliphatic carbocycles. The Morgan fingerprint density at radius 2 is 1.93 bits per heavy atom. The summed E-state index contributed by atoms with van der Waals surface area (Å²) in [5.41, 5.74) is 2.59. The molecule has 0 radical (unpaired) electrons. The number of ketones is 1. The van der Waals surface area contributed by atoms with Crippen molar-refractivity contribution in [3.05, 3.63) is 40.4 Å². The molecule has 1 fully saturated rings. The molecule has 1 saturated heterocycles. The average Bonchev–Trinajstić information content (AvgIpc) is 3.18. The number of hydrogen-bond donors (Lipinski definition) is 1. The van der Waals surface area contributed by atoms with Crippen LogP contribution in [0.4, 0.5) is 10.8 Å². The molecule has 1 atom stereocenters. The molecule has 2 aromatic rings. The van der Waals surface area contributed by atoms with Crippen molar-refractivity contribution in [1.82, 2.24) is 4.98 Å². The molecule has 0 saturated carbocycles. The summed E-state index contributed by atoms with van der Waals surface area (Å²) in [6.07, 6.45) is 1.40. The van der Waals surface area contributed by atoms with Gasteiger partial charge in [0.1, 0.15) is 0 Å². The Labute approximate surface area is 168 Å². The maximum Gasteiger partial charge on any atom is 0.231 e. The highest BCUT2D eigenvalue weighted by atomic mass is 32.1. The summed E-state index contributed by atoms with van der Waals surface area (Å²) < 4.78 is 0. The summed E-state index contributed by atoms with van der Waals surface area (Å²) in [5.74, 6) is -0.618. The summed E-state index contributed by atoms with van der Waals surface area (Å²) >= 11 is 1.24. The average molecular weight is 398 g/mol. The monoisotopic (exact) mass is 397 g/mol. The number of aryl methyl sites for hydroxylation is 1. The zero-order valence-electron chi connectivity index (χ0n) is 16.2. The van der Waals surface area contributed by atoms with Gasteiger partial charge in [-0.2, -0.15) is 0 Å². The van der Waals surface area contributed by atoms with E-state index in [0.29, 0.717) is 23.0 Å². The molecule has 1 aromatic heterocycles. The lowest BCUT2D eigenvalue weighted by Crippen LogP contribution is -2.28. The summed E-state index contributed by atoms with van der Waals surface area (Å²) in [6.45, 7) is 6.45. The highest BCUT2D eigenvalue weighted by molar-refractivity contribution is 7.17. The molecule has 0 unspecified atom stereocenters. The molecule has 2 heterocycles. The number of nitrogens with zero attached hydrogens (tertiary/aromatic N) is 2. The van der Waals surface area contributed by atoms with Gasteiger partial charge < -0.3 is 10.2 Å². The van der Waals surface area contributed by atoms with E-state index in [-0.39, 0.29) is 29.4 Å². The van der Waals surface area contributed by atoms with E-state index in [1.54, 1.807) is 4.90 Å². The first-order valence-corrected chi connectivity index (χ1v) is 10.2. The van der Waals surface area contributed by atoms with E-state index in [1.165, 1.54) is 11.3 Å². The van der Waals surface area contributed by atoms with Crippen LogP contribution < -0.4 is 10.2 Å². The lowest BCUT2D eigenvalue weighted by molar-refractivity contribution is -0.122. The molecule has 7 heteroatoms. The number of aromatic nitrogens is 1. The Bertz CT molecular complexity index is 962. The number of rotatable bonds is 3. The number of amides is 2. The van der Waals surface area contributed by atoms with Crippen LogP contribution in [0.5, 0.6) is 0 Å². The number of fused-ring (bicyclic) bond motifs is 1. The predicted molar refractivity (Wildman–Crippen MR) is 109 cm³/mol. The molecule has 6 nitrogen and oxygen atoms in total. The first-order chi connectivity index (χ1) is 13.2. The van der Waals surface area contributed by atoms with E-state index in [9.17, 15) is 14.4 Å². The van der Waals surface area contributed by atoms with E-state index < -0.39 is 5.92 Å². The Hall–Kier alpha value is -2.54. The number of carbonyl (C=O) groups excluding carboxylic acids is 3. The van der Waals surface area contributed by atoms with Crippen LogP contribution >= 0.6 is 11.3 Å². The largest absolute Gasteiger partial charge is 0.312 e. The van der Waals surface area contributed by atoms with Gasteiger partial charge >= 0.3 is 0 Å². The van der Waals surface area contributed by atoms with E-state index >= 15 is 0 Å². The topological polar surface area (TPSA) is 79.4 Å². The number of Topliss-reactive ketones (excluding diaryl/α,β-unsaturated/α-hetero) is 1. The number of nitrogens with one attached hydrogen (secondary N) is 1. The third kappa shape index (κ3) is 3.58. The molecule has 28 heavy (non-hydrogen) atoms. The lowest BCUT2D eigenvalue weighted by Gasteiger charge is -2.26. The number of benzene rings is 1. The van der Waals surface area contributed by atoms with Crippen LogP contribution in [0, 0.1) is 18.3 Å². The van der Waals surface area contributed by atoms with Crippen molar-refractivity contribution in [3.8, 4) is 0 Å². The smallest absolute Gasteiger partial charge is 0.231 e. The highest BCUT2D eigenvalue weighted by Crippen LogP contribution is 2.38. The second kappa shape index (κ2) is 6.81. The van der Waals surface area contributed by atoms with Gasteiger partial charge in [0.05, 0.1) is 16.5 Å². The van der Waals surface area contributed by atoms with Crippen LogP contribution in [0.2, 0.25) is 0 Å². The number of carbonyl (C=O) groups is 3. The van der Waals surface area contributed by atoms with Gasteiger partial charge in [-0.25, -0.2) is 4.98 Å². The van der Waals surface area contributed by atoms with Gasteiger partial charge in [0, 0.05) is 25.1 Å². The summed E-state index contributed by atoms with van der Waals surface area (Å²) in [5, 5.41) is 3.27. The van der Waals surface area contributed by atoms with Gasteiger partial charge in [0.2, 0.25) is 11.8 Å². The molecular weight excluding hydrogens is 374 g/mol. The molecule has 4 rings (SSSR count). The first kappa shape index (κ1) is 18.8. The number of hydrogen-bond acceptors (Lipinski definition) is 5. The third-order valence-corrected chi connectivity index (χ3v) is 6.36. The van der Waals surface area contributed by atoms with Gasteiger partial charge in [-0.3, -0.25) is 14.4 Å². The van der Waals surface area contributed by atoms with Gasteiger partial charge in [-0.05, 0) is 30.9 Å². The van der Waals surface area contributed by atoms with Crippen LogP contribution in [0.25, 0.3) is 0 Å². The summed E-state index contributed by atoms with van der Waals surface area (Å²) in [4.78, 5) is 44.2. The van der Waals surface area contributed by atoms with Crippen molar-refractivity contribution in [2.24, 2.45) is 11.3 Å². The second-order valence-corrected chi connectivity index (χ2v) is 9.47. The van der Waals surface area contributed by atoms with Gasteiger partial charge in [-0.15, -0.1) is 0 Å². The Balaban J connectivity index is 1.46. The first-order valence-electron chi connectivity index (χ1n) is 9.43. The SMILES string of the molecule is Cc1ccc(N2C[C@@H](C(=O)Nc3nc4c(s3)C(=O)CC(C)(C)C4)CC2=O)cc1. The third-order valence-electron chi connectivity index (χ3n) is 5.31. The lowest BCUT2D eigenvalue weighted by atomic mass is 9.78. The molecular formula is C21H23N3O3S. The molecule has 146 valence electrons. The van der Waals surface area contributed by atoms with Crippen molar-refractivity contribution in [2.75, 3.05) is 16.8 Å². The number of anilines is 2. The molecule has 0 spiro atoms. The van der Waals surface area contributed by atoms with Crippen molar-refractivity contribution in [3.63, 3.8) is 0 Å². The van der Waals surface area contributed by atoms with Gasteiger partial charge in [0.25, 0.3) is 0 Å². The zero-order valence-corrected chi connectivity index (χ0v) is 17.1. The van der Waals surface area contributed by atoms with E-state index in [4.69, 9.17) is 0 Å². The predicted octanol–water partition coefficient (Wildman–Crippen LogP) is 3.60. The molecule has 2 amide bonds. The fraction of sp³-hybridized carbons (Fsp3) is 0.429. The fourth-order valence-electron chi connectivity index (χ4n) is 3.84. The number of thiazole rings is 1. The fourth-order valence-corrected chi connectivity index (χ4v) is 4.76. The second-order valence-electron chi connectivity index (χ2n) is 8.47. The summed E-state index contributed by atoms with van der Waals surface area (Å²) in [7, 11) is 0. The van der Waals surface area contributed by atoms with Gasteiger partial charge in [0.15, 0.2) is 10.9 Å². The van der Waals surface area contributed by atoms with E-state index in [1.807, 2.05) is 31.2 Å². The quantitative estimate of drug-likeness (QED) is 0.858. The molecule has 1 aromatic carbocycles. The van der Waals surface area contributed by atoms with Gasteiger partial charge in [-0.1, -0.05) is 42.9 Å². The van der Waals surface area contributed by atoms with E-state index in [0.717, 1.165) is 23.4 Å². The Morgan fingerprint density at radius 3 is 2.64 bits per heavy atom. The summed E-state index contributed by atoms with van der Waals surface area (Å²) in [6, 6.07) is 7.70. The highest BCUT2D eigenvalue weighted by Gasteiger charge is 2.37. The maximum atomic E-state index is 12.7.